The number of amides is 1. The minimum atomic E-state index is -3.06. The molecule has 1 saturated heterocycles. The van der Waals surface area contributed by atoms with E-state index < -0.39 is 9.84 Å². The maximum Gasteiger partial charge on any atom is 0.272 e. The van der Waals surface area contributed by atoms with Crippen LogP contribution in [0.2, 0.25) is 0 Å². The van der Waals surface area contributed by atoms with Gasteiger partial charge in [-0.3, -0.25) is 4.79 Å². The average Bonchev–Trinajstić information content (AvgIpc) is 3.25. The number of para-hydroxylation sites is 1. The quantitative estimate of drug-likeness (QED) is 0.797. The van der Waals surface area contributed by atoms with Crippen molar-refractivity contribution in [2.75, 3.05) is 29.5 Å². The molecule has 8 heteroatoms. The zero-order chi connectivity index (χ0) is 19.0. The van der Waals surface area contributed by atoms with E-state index in [-0.39, 0.29) is 23.5 Å². The van der Waals surface area contributed by atoms with Crippen molar-refractivity contribution >= 4 is 27.2 Å². The van der Waals surface area contributed by atoms with Crippen molar-refractivity contribution in [1.82, 2.24) is 14.9 Å². The SMILES string of the molecule is CCN(C(=O)c1cc(N2CCc3ccccc32)ncn1)C1CCS(=O)(=O)C1. The number of carbonyl (C=O) groups is 1. The average molecular weight is 386 g/mol. The van der Waals surface area contributed by atoms with Gasteiger partial charge in [-0.2, -0.15) is 0 Å². The summed E-state index contributed by atoms with van der Waals surface area (Å²) in [5.74, 6) is 0.620. The molecule has 1 unspecified atom stereocenters. The zero-order valence-corrected chi connectivity index (χ0v) is 16.0. The minimum absolute atomic E-state index is 0.0318. The first-order valence-electron chi connectivity index (χ1n) is 9.17. The molecule has 2 aromatic rings. The van der Waals surface area contributed by atoms with Gasteiger partial charge in [0.15, 0.2) is 9.84 Å². The molecule has 142 valence electrons. The molecule has 0 aliphatic carbocycles. The highest BCUT2D eigenvalue weighted by molar-refractivity contribution is 7.91. The van der Waals surface area contributed by atoms with Crippen molar-refractivity contribution in [1.29, 1.82) is 0 Å². The highest BCUT2D eigenvalue weighted by Crippen LogP contribution is 2.33. The number of anilines is 2. The van der Waals surface area contributed by atoms with Gasteiger partial charge in [-0.15, -0.1) is 0 Å². The molecule has 0 radical (unpaired) electrons. The number of sulfone groups is 1. The summed E-state index contributed by atoms with van der Waals surface area (Å²) in [4.78, 5) is 25.2. The van der Waals surface area contributed by atoms with Crippen LogP contribution < -0.4 is 4.90 Å². The second-order valence-corrected chi connectivity index (χ2v) is 9.17. The summed E-state index contributed by atoms with van der Waals surface area (Å²) >= 11 is 0. The minimum Gasteiger partial charge on any atom is -0.334 e. The Bertz CT molecular complexity index is 976. The Morgan fingerprint density at radius 3 is 2.85 bits per heavy atom. The van der Waals surface area contributed by atoms with Crippen LogP contribution in [0.1, 0.15) is 29.4 Å². The first-order chi connectivity index (χ1) is 13.0. The lowest BCUT2D eigenvalue weighted by molar-refractivity contribution is 0.0702. The van der Waals surface area contributed by atoms with Crippen LogP contribution in [0.4, 0.5) is 11.5 Å². The van der Waals surface area contributed by atoms with E-state index in [2.05, 4.69) is 20.9 Å². The molecule has 4 rings (SSSR count). The summed E-state index contributed by atoms with van der Waals surface area (Å²) in [6.45, 7) is 3.12. The van der Waals surface area contributed by atoms with Crippen molar-refractivity contribution in [3.63, 3.8) is 0 Å². The Labute approximate surface area is 159 Å². The van der Waals surface area contributed by atoms with E-state index in [4.69, 9.17) is 0 Å². The number of rotatable bonds is 4. The largest absolute Gasteiger partial charge is 0.334 e. The molecule has 2 aliphatic rings. The van der Waals surface area contributed by atoms with E-state index in [9.17, 15) is 13.2 Å². The van der Waals surface area contributed by atoms with Crippen LogP contribution in [0.5, 0.6) is 0 Å². The topological polar surface area (TPSA) is 83.5 Å². The van der Waals surface area contributed by atoms with Gasteiger partial charge in [-0.1, -0.05) is 18.2 Å². The summed E-state index contributed by atoms with van der Waals surface area (Å²) in [6.07, 6.45) is 2.83. The smallest absolute Gasteiger partial charge is 0.272 e. The molecule has 0 spiro atoms. The van der Waals surface area contributed by atoms with E-state index in [1.54, 1.807) is 11.0 Å². The molecule has 0 saturated carbocycles. The van der Waals surface area contributed by atoms with Crippen LogP contribution in [-0.4, -0.2) is 59.8 Å². The van der Waals surface area contributed by atoms with Gasteiger partial charge in [-0.25, -0.2) is 18.4 Å². The monoisotopic (exact) mass is 386 g/mol. The second-order valence-electron chi connectivity index (χ2n) is 6.94. The Morgan fingerprint density at radius 2 is 2.11 bits per heavy atom. The summed E-state index contributed by atoms with van der Waals surface area (Å²) in [5.41, 5.74) is 2.66. The molecule has 1 amide bonds. The number of benzene rings is 1. The number of fused-ring (bicyclic) bond motifs is 1. The number of hydrogen-bond acceptors (Lipinski definition) is 6. The highest BCUT2D eigenvalue weighted by atomic mass is 32.2. The normalized spacial score (nSPS) is 20.5. The fourth-order valence-corrected chi connectivity index (χ4v) is 5.65. The second kappa shape index (κ2) is 6.92. The van der Waals surface area contributed by atoms with E-state index in [1.165, 1.54) is 11.9 Å². The number of aromatic nitrogens is 2. The third-order valence-corrected chi connectivity index (χ3v) is 7.04. The number of carbonyl (C=O) groups excluding carboxylic acids is 1. The van der Waals surface area contributed by atoms with Crippen molar-refractivity contribution < 1.29 is 13.2 Å². The summed E-state index contributed by atoms with van der Waals surface area (Å²) in [6, 6.07) is 9.58. The van der Waals surface area contributed by atoms with Crippen LogP contribution >= 0.6 is 0 Å². The van der Waals surface area contributed by atoms with Crippen molar-refractivity contribution in [3.8, 4) is 0 Å². The molecular weight excluding hydrogens is 364 g/mol. The van der Waals surface area contributed by atoms with Gasteiger partial charge in [0.2, 0.25) is 0 Å². The molecular formula is C19H22N4O3S. The lowest BCUT2D eigenvalue weighted by Crippen LogP contribution is -2.41. The van der Waals surface area contributed by atoms with Gasteiger partial charge in [0.1, 0.15) is 17.8 Å². The van der Waals surface area contributed by atoms with E-state index in [1.807, 2.05) is 25.1 Å². The predicted octanol–water partition coefficient (Wildman–Crippen LogP) is 1.82. The van der Waals surface area contributed by atoms with Crippen molar-refractivity contribution in [2.24, 2.45) is 0 Å². The van der Waals surface area contributed by atoms with Crippen molar-refractivity contribution in [2.45, 2.75) is 25.8 Å². The van der Waals surface area contributed by atoms with Crippen LogP contribution in [0.25, 0.3) is 0 Å². The Kier molecular flexibility index (Phi) is 4.59. The van der Waals surface area contributed by atoms with Crippen LogP contribution in [0.15, 0.2) is 36.7 Å². The predicted molar refractivity (Wildman–Crippen MR) is 103 cm³/mol. The Balaban J connectivity index is 1.60. The van der Waals surface area contributed by atoms with Crippen LogP contribution in [0.3, 0.4) is 0 Å². The van der Waals surface area contributed by atoms with E-state index in [0.717, 1.165) is 18.7 Å². The molecule has 27 heavy (non-hydrogen) atoms. The Hall–Kier alpha value is -2.48. The van der Waals surface area contributed by atoms with Crippen LogP contribution in [-0.2, 0) is 16.3 Å². The zero-order valence-electron chi connectivity index (χ0n) is 15.2. The van der Waals surface area contributed by atoms with E-state index >= 15 is 0 Å². The number of hydrogen-bond donors (Lipinski definition) is 0. The number of nitrogens with zero attached hydrogens (tertiary/aromatic N) is 4. The van der Waals surface area contributed by atoms with Gasteiger partial charge in [0.05, 0.1) is 11.5 Å². The van der Waals surface area contributed by atoms with Gasteiger partial charge >= 0.3 is 0 Å². The molecule has 2 aliphatic heterocycles. The highest BCUT2D eigenvalue weighted by Gasteiger charge is 2.35. The molecule has 1 fully saturated rings. The standard InChI is InChI=1S/C19H22N4O3S/c1-2-22(15-8-10-27(25,26)12-15)19(24)16-11-18(21-13-20-16)23-9-7-14-5-3-4-6-17(14)23/h3-6,11,13,15H,2,7-10,12H2,1H3. The summed E-state index contributed by atoms with van der Waals surface area (Å²) in [5, 5.41) is 0. The fourth-order valence-electron chi connectivity index (χ4n) is 3.92. The molecule has 1 aromatic carbocycles. The first-order valence-corrected chi connectivity index (χ1v) is 11.0. The third kappa shape index (κ3) is 3.41. The molecule has 1 aromatic heterocycles. The molecule has 0 N–H and O–H groups in total. The van der Waals surface area contributed by atoms with Crippen molar-refractivity contribution in [3.05, 3.63) is 47.9 Å². The summed E-state index contributed by atoms with van der Waals surface area (Å²) < 4.78 is 23.6. The molecule has 3 heterocycles. The lowest BCUT2D eigenvalue weighted by Gasteiger charge is -2.27. The maximum atomic E-state index is 13.0. The summed E-state index contributed by atoms with van der Waals surface area (Å²) in [7, 11) is -3.06. The van der Waals surface area contributed by atoms with Crippen LogP contribution in [0, 0.1) is 0 Å². The molecule has 7 nitrogen and oxygen atoms in total. The fraction of sp³-hybridized carbons (Fsp3) is 0.421. The van der Waals surface area contributed by atoms with E-state index in [0.29, 0.717) is 24.5 Å². The first kappa shape index (κ1) is 17.9. The third-order valence-electron chi connectivity index (χ3n) is 5.29. The molecule has 0 bridgehead atoms. The lowest BCUT2D eigenvalue weighted by atomic mass is 10.2. The van der Waals surface area contributed by atoms with Gasteiger partial charge in [0.25, 0.3) is 5.91 Å². The van der Waals surface area contributed by atoms with Gasteiger partial charge < -0.3 is 9.80 Å². The molecule has 1 atom stereocenters. The maximum absolute atomic E-state index is 13.0. The van der Waals surface area contributed by atoms with Gasteiger partial charge in [0, 0.05) is 30.9 Å². The van der Waals surface area contributed by atoms with Gasteiger partial charge in [-0.05, 0) is 31.4 Å². The Morgan fingerprint density at radius 1 is 1.30 bits per heavy atom.